The van der Waals surface area contributed by atoms with E-state index in [4.69, 9.17) is 15.0 Å². The Bertz CT molecular complexity index is 2800. The first kappa shape index (κ1) is 28.2. The molecule has 5 nitrogen and oxygen atoms in total. The Kier molecular flexibility index (Phi) is 6.42. The van der Waals surface area contributed by atoms with Gasteiger partial charge in [0.15, 0.2) is 5.82 Å². The molecule has 0 aliphatic rings. The number of hydrogen-bond acceptors (Lipinski definition) is 3. The Labute approximate surface area is 288 Å². The minimum atomic E-state index is 0.691. The SMILES string of the molecule is c1ccc(-c2cc(-n3c4ccccc4c4ccc(-c5ccc6c(c5)c5ncccc5n6-c5ccccc5)cc43)nc(-c3ccccc3)n2)cc1. The standard InChI is InChI=1S/C45H29N5/c1-4-13-30(14-5-1)38-29-43(48-45(47-38)31-15-6-2-7-16-31)50-39-20-11-10-19-35(39)36-24-22-33(28-42(36)50)32-23-25-40-37(27-32)44-41(21-12-26-46-44)49(40)34-17-8-3-9-18-34/h1-29H. The summed E-state index contributed by atoms with van der Waals surface area (Å²) >= 11 is 0. The summed E-state index contributed by atoms with van der Waals surface area (Å²) in [4.78, 5) is 15.1. The summed E-state index contributed by atoms with van der Waals surface area (Å²) in [6.45, 7) is 0. The summed E-state index contributed by atoms with van der Waals surface area (Å²) in [5.74, 6) is 1.52. The molecule has 0 saturated carbocycles. The summed E-state index contributed by atoms with van der Waals surface area (Å²) in [5, 5.41) is 3.48. The molecule has 10 rings (SSSR count). The third-order valence-electron chi connectivity index (χ3n) is 9.58. The van der Waals surface area contributed by atoms with E-state index in [0.29, 0.717) is 5.82 Å². The second-order valence-corrected chi connectivity index (χ2v) is 12.5. The molecule has 10 aromatic rings. The highest BCUT2D eigenvalue weighted by Gasteiger charge is 2.18. The smallest absolute Gasteiger partial charge is 0.162 e. The van der Waals surface area contributed by atoms with Crippen LogP contribution in [0.25, 0.3) is 89.0 Å². The van der Waals surface area contributed by atoms with Gasteiger partial charge in [-0.05, 0) is 59.7 Å². The summed E-state index contributed by atoms with van der Waals surface area (Å²) in [5.41, 5.74) is 11.7. The summed E-state index contributed by atoms with van der Waals surface area (Å²) in [7, 11) is 0. The van der Waals surface area contributed by atoms with E-state index in [2.05, 4.69) is 149 Å². The molecule has 5 heteroatoms. The number of pyridine rings is 1. The van der Waals surface area contributed by atoms with Gasteiger partial charge in [0.1, 0.15) is 5.82 Å². The largest absolute Gasteiger partial charge is 0.308 e. The van der Waals surface area contributed by atoms with Crippen LogP contribution >= 0.6 is 0 Å². The van der Waals surface area contributed by atoms with Crippen molar-refractivity contribution < 1.29 is 0 Å². The minimum absolute atomic E-state index is 0.691. The Balaban J connectivity index is 1.20. The van der Waals surface area contributed by atoms with Crippen molar-refractivity contribution >= 4 is 43.7 Å². The number of nitrogens with zero attached hydrogens (tertiary/aromatic N) is 5. The first-order valence-corrected chi connectivity index (χ1v) is 16.8. The van der Waals surface area contributed by atoms with E-state index in [0.717, 1.165) is 72.4 Å². The van der Waals surface area contributed by atoms with E-state index in [1.54, 1.807) is 0 Å². The van der Waals surface area contributed by atoms with Crippen molar-refractivity contribution in [2.45, 2.75) is 0 Å². The molecule has 0 unspecified atom stereocenters. The van der Waals surface area contributed by atoms with Crippen LogP contribution in [0.2, 0.25) is 0 Å². The summed E-state index contributed by atoms with van der Waals surface area (Å²) < 4.78 is 4.59. The molecular weight excluding hydrogens is 611 g/mol. The zero-order valence-electron chi connectivity index (χ0n) is 27.0. The van der Waals surface area contributed by atoms with Gasteiger partial charge in [-0.1, -0.05) is 115 Å². The Morgan fingerprint density at radius 2 is 1.02 bits per heavy atom. The van der Waals surface area contributed by atoms with E-state index < -0.39 is 0 Å². The van der Waals surface area contributed by atoms with Crippen LogP contribution in [-0.2, 0) is 0 Å². The highest BCUT2D eigenvalue weighted by Crippen LogP contribution is 2.38. The number of aromatic nitrogens is 5. The fraction of sp³-hybridized carbons (Fsp3) is 0. The first-order chi connectivity index (χ1) is 24.8. The van der Waals surface area contributed by atoms with Crippen molar-refractivity contribution in [3.63, 3.8) is 0 Å². The lowest BCUT2D eigenvalue weighted by molar-refractivity contribution is 1.05. The zero-order valence-corrected chi connectivity index (χ0v) is 27.0. The van der Waals surface area contributed by atoms with Crippen LogP contribution in [0.15, 0.2) is 176 Å². The molecule has 0 spiro atoms. The molecule has 0 N–H and O–H groups in total. The van der Waals surface area contributed by atoms with Gasteiger partial charge in [0.2, 0.25) is 0 Å². The molecule has 0 fully saturated rings. The van der Waals surface area contributed by atoms with Gasteiger partial charge in [0.25, 0.3) is 0 Å². The van der Waals surface area contributed by atoms with Gasteiger partial charge in [-0.3, -0.25) is 9.55 Å². The molecular formula is C45H29N5. The number of hydrogen-bond donors (Lipinski definition) is 0. The Morgan fingerprint density at radius 3 is 1.84 bits per heavy atom. The molecule has 0 aliphatic carbocycles. The van der Waals surface area contributed by atoms with E-state index >= 15 is 0 Å². The quantitative estimate of drug-likeness (QED) is 0.188. The molecule has 0 bridgehead atoms. The summed E-state index contributed by atoms with van der Waals surface area (Å²) in [6.07, 6.45) is 1.88. The van der Waals surface area contributed by atoms with Gasteiger partial charge in [0, 0.05) is 45.2 Å². The van der Waals surface area contributed by atoms with Crippen LogP contribution in [-0.4, -0.2) is 24.1 Å². The van der Waals surface area contributed by atoms with Crippen molar-refractivity contribution in [2.75, 3.05) is 0 Å². The Morgan fingerprint density at radius 1 is 0.380 bits per heavy atom. The highest BCUT2D eigenvalue weighted by atomic mass is 15.1. The van der Waals surface area contributed by atoms with Crippen molar-refractivity contribution in [1.29, 1.82) is 0 Å². The van der Waals surface area contributed by atoms with E-state index in [9.17, 15) is 0 Å². The Hall–Kier alpha value is -6.85. The molecule has 0 atom stereocenters. The molecule has 0 aliphatic heterocycles. The molecule has 234 valence electrons. The van der Waals surface area contributed by atoms with Crippen molar-refractivity contribution in [1.82, 2.24) is 24.1 Å². The lowest BCUT2D eigenvalue weighted by Crippen LogP contribution is -2.02. The average molecular weight is 640 g/mol. The number of fused-ring (bicyclic) bond motifs is 6. The van der Waals surface area contributed by atoms with Crippen molar-refractivity contribution in [2.24, 2.45) is 0 Å². The van der Waals surface area contributed by atoms with Crippen LogP contribution in [0, 0.1) is 0 Å². The van der Waals surface area contributed by atoms with Crippen LogP contribution < -0.4 is 0 Å². The number of rotatable bonds is 5. The van der Waals surface area contributed by atoms with Crippen LogP contribution in [0.1, 0.15) is 0 Å². The lowest BCUT2D eigenvalue weighted by atomic mass is 10.0. The van der Waals surface area contributed by atoms with E-state index in [-0.39, 0.29) is 0 Å². The monoisotopic (exact) mass is 639 g/mol. The molecule has 6 aromatic carbocycles. The van der Waals surface area contributed by atoms with Crippen molar-refractivity contribution in [3.05, 3.63) is 176 Å². The topological polar surface area (TPSA) is 48.5 Å². The van der Waals surface area contributed by atoms with Gasteiger partial charge in [-0.15, -0.1) is 0 Å². The van der Waals surface area contributed by atoms with Crippen LogP contribution in [0.5, 0.6) is 0 Å². The molecule has 4 aromatic heterocycles. The zero-order chi connectivity index (χ0) is 33.0. The molecule has 0 radical (unpaired) electrons. The van der Waals surface area contributed by atoms with Gasteiger partial charge in [-0.2, -0.15) is 0 Å². The fourth-order valence-corrected chi connectivity index (χ4v) is 7.29. The first-order valence-electron chi connectivity index (χ1n) is 16.8. The molecule has 0 amide bonds. The lowest BCUT2D eigenvalue weighted by Gasteiger charge is -2.12. The predicted octanol–water partition coefficient (Wildman–Crippen LogP) is 11.1. The van der Waals surface area contributed by atoms with E-state index in [1.807, 2.05) is 36.5 Å². The van der Waals surface area contributed by atoms with Gasteiger partial charge >= 0.3 is 0 Å². The third kappa shape index (κ3) is 4.52. The predicted molar refractivity (Wildman–Crippen MR) is 205 cm³/mol. The minimum Gasteiger partial charge on any atom is -0.308 e. The maximum Gasteiger partial charge on any atom is 0.162 e. The van der Waals surface area contributed by atoms with Gasteiger partial charge < -0.3 is 4.57 Å². The maximum absolute atomic E-state index is 5.22. The van der Waals surface area contributed by atoms with Gasteiger partial charge in [-0.25, -0.2) is 9.97 Å². The van der Waals surface area contributed by atoms with Crippen LogP contribution in [0.4, 0.5) is 0 Å². The normalized spacial score (nSPS) is 11.6. The maximum atomic E-state index is 5.22. The molecule has 4 heterocycles. The van der Waals surface area contributed by atoms with Crippen LogP contribution in [0.3, 0.4) is 0 Å². The number of benzene rings is 6. The molecule has 0 saturated heterocycles. The second kappa shape index (κ2) is 11.4. The van der Waals surface area contributed by atoms with Gasteiger partial charge in [0.05, 0.1) is 33.3 Å². The summed E-state index contributed by atoms with van der Waals surface area (Å²) in [6, 6.07) is 59.4. The molecule has 50 heavy (non-hydrogen) atoms. The fourth-order valence-electron chi connectivity index (χ4n) is 7.29. The second-order valence-electron chi connectivity index (χ2n) is 12.5. The third-order valence-corrected chi connectivity index (χ3v) is 9.58. The number of para-hydroxylation sites is 2. The average Bonchev–Trinajstić information content (AvgIpc) is 3.71. The van der Waals surface area contributed by atoms with Crippen molar-refractivity contribution in [3.8, 4) is 45.3 Å². The highest BCUT2D eigenvalue weighted by molar-refractivity contribution is 6.11. The van der Waals surface area contributed by atoms with E-state index in [1.165, 1.54) is 10.8 Å².